The van der Waals surface area contributed by atoms with Crippen LogP contribution in [0.1, 0.15) is 25.0 Å². The van der Waals surface area contributed by atoms with Crippen molar-refractivity contribution in [1.82, 2.24) is 4.31 Å². The second-order valence-electron chi connectivity index (χ2n) is 4.88. The van der Waals surface area contributed by atoms with E-state index in [2.05, 4.69) is 0 Å². The highest BCUT2D eigenvalue weighted by molar-refractivity contribution is 7.89. The molecule has 6 heteroatoms. The van der Waals surface area contributed by atoms with Crippen molar-refractivity contribution in [2.75, 3.05) is 6.54 Å². The Kier molecular flexibility index (Phi) is 5.06. The lowest BCUT2D eigenvalue weighted by Crippen LogP contribution is -2.42. The van der Waals surface area contributed by atoms with Crippen LogP contribution in [0.15, 0.2) is 23.1 Å². The number of hydrogen-bond acceptors (Lipinski definition) is 3. The van der Waals surface area contributed by atoms with Crippen LogP contribution in [-0.4, -0.2) is 30.3 Å². The predicted octanol–water partition coefficient (Wildman–Crippen LogP) is 1.99. The standard InChI is InChI=1S/C13H20N2O2S2/c1-9(2)15(8-13(14)18)19(16,17)12-7-10(3)5-6-11(12)4/h5-7,9H,8H2,1-4H3,(H2,14,18). The first-order valence-corrected chi connectivity index (χ1v) is 7.88. The Morgan fingerprint density at radius 1 is 1.37 bits per heavy atom. The van der Waals surface area contributed by atoms with E-state index in [1.165, 1.54) is 4.31 Å². The van der Waals surface area contributed by atoms with Crippen LogP contribution in [0.4, 0.5) is 0 Å². The minimum atomic E-state index is -3.58. The quantitative estimate of drug-likeness (QED) is 0.845. The van der Waals surface area contributed by atoms with Crippen molar-refractivity contribution >= 4 is 27.2 Å². The molecule has 1 rings (SSSR count). The summed E-state index contributed by atoms with van der Waals surface area (Å²) in [5.41, 5.74) is 7.13. The molecule has 0 unspecified atom stereocenters. The molecule has 0 aliphatic carbocycles. The summed E-state index contributed by atoms with van der Waals surface area (Å²) in [6.45, 7) is 7.32. The first-order valence-electron chi connectivity index (χ1n) is 6.03. The zero-order valence-corrected chi connectivity index (χ0v) is 13.3. The van der Waals surface area contributed by atoms with Crippen LogP contribution in [0, 0.1) is 13.8 Å². The number of rotatable bonds is 5. The van der Waals surface area contributed by atoms with Crippen LogP contribution in [0.25, 0.3) is 0 Å². The summed E-state index contributed by atoms with van der Waals surface area (Å²) in [5, 5.41) is 0. The van der Waals surface area contributed by atoms with Gasteiger partial charge in [-0.1, -0.05) is 24.4 Å². The van der Waals surface area contributed by atoms with E-state index in [9.17, 15) is 8.42 Å². The number of aryl methyl sites for hydroxylation is 2. The first kappa shape index (κ1) is 16.1. The zero-order chi connectivity index (χ0) is 14.8. The van der Waals surface area contributed by atoms with Crippen molar-refractivity contribution in [3.63, 3.8) is 0 Å². The van der Waals surface area contributed by atoms with Crippen LogP contribution in [0.2, 0.25) is 0 Å². The fourth-order valence-electron chi connectivity index (χ4n) is 1.81. The minimum absolute atomic E-state index is 0.0582. The molecule has 19 heavy (non-hydrogen) atoms. The SMILES string of the molecule is Cc1ccc(C)c(S(=O)(=O)N(CC(N)=S)C(C)C)c1. The third-order valence-corrected chi connectivity index (χ3v) is 5.11. The summed E-state index contributed by atoms with van der Waals surface area (Å²) in [7, 11) is -3.58. The van der Waals surface area contributed by atoms with Crippen molar-refractivity contribution in [3.8, 4) is 0 Å². The van der Waals surface area contributed by atoms with Crippen LogP contribution in [0.3, 0.4) is 0 Å². The minimum Gasteiger partial charge on any atom is -0.392 e. The van der Waals surface area contributed by atoms with Gasteiger partial charge in [0.05, 0.1) is 16.4 Å². The molecule has 0 amide bonds. The number of nitrogens with two attached hydrogens (primary N) is 1. The maximum atomic E-state index is 12.7. The number of hydrogen-bond donors (Lipinski definition) is 1. The summed E-state index contributed by atoms with van der Waals surface area (Å²) in [6.07, 6.45) is 0. The molecule has 4 nitrogen and oxygen atoms in total. The van der Waals surface area contributed by atoms with Gasteiger partial charge in [-0.05, 0) is 44.9 Å². The monoisotopic (exact) mass is 300 g/mol. The molecule has 0 aliphatic heterocycles. The molecule has 0 fully saturated rings. The zero-order valence-electron chi connectivity index (χ0n) is 11.7. The summed E-state index contributed by atoms with van der Waals surface area (Å²) >= 11 is 4.84. The van der Waals surface area contributed by atoms with Gasteiger partial charge >= 0.3 is 0 Å². The number of sulfonamides is 1. The average Bonchev–Trinajstić information content (AvgIpc) is 2.28. The molecule has 0 spiro atoms. The van der Waals surface area contributed by atoms with Crippen molar-refractivity contribution in [2.45, 2.75) is 38.6 Å². The summed E-state index contributed by atoms with van der Waals surface area (Å²) in [6, 6.07) is 5.18. The lowest BCUT2D eigenvalue weighted by Gasteiger charge is -2.26. The van der Waals surface area contributed by atoms with Crippen LogP contribution in [0.5, 0.6) is 0 Å². The first-order chi connectivity index (χ1) is 8.66. The average molecular weight is 300 g/mol. The van der Waals surface area contributed by atoms with Crippen LogP contribution in [-0.2, 0) is 10.0 Å². The molecular formula is C13H20N2O2S2. The van der Waals surface area contributed by atoms with E-state index in [0.29, 0.717) is 4.90 Å². The van der Waals surface area contributed by atoms with Gasteiger partial charge in [0, 0.05) is 6.04 Å². The van der Waals surface area contributed by atoms with E-state index in [4.69, 9.17) is 18.0 Å². The normalized spacial score (nSPS) is 12.1. The molecule has 0 radical (unpaired) electrons. The Morgan fingerprint density at radius 3 is 2.42 bits per heavy atom. The Labute approximate surface area is 120 Å². The Hall–Kier alpha value is -0.980. The molecule has 0 aromatic heterocycles. The highest BCUT2D eigenvalue weighted by Gasteiger charge is 2.28. The van der Waals surface area contributed by atoms with E-state index in [1.54, 1.807) is 26.8 Å². The molecule has 1 aromatic rings. The van der Waals surface area contributed by atoms with Gasteiger partial charge in [-0.25, -0.2) is 8.42 Å². The van der Waals surface area contributed by atoms with E-state index < -0.39 is 10.0 Å². The van der Waals surface area contributed by atoms with Gasteiger partial charge in [0.15, 0.2) is 0 Å². The summed E-state index contributed by atoms with van der Waals surface area (Å²) in [4.78, 5) is 0.486. The number of nitrogens with zero attached hydrogens (tertiary/aromatic N) is 1. The Balaban J connectivity index is 3.34. The maximum absolute atomic E-state index is 12.7. The summed E-state index contributed by atoms with van der Waals surface area (Å²) in [5.74, 6) is 0. The van der Waals surface area contributed by atoms with Gasteiger partial charge in [0.1, 0.15) is 0 Å². The highest BCUT2D eigenvalue weighted by Crippen LogP contribution is 2.22. The molecule has 0 saturated carbocycles. The van der Waals surface area contributed by atoms with Crippen LogP contribution < -0.4 is 5.73 Å². The van der Waals surface area contributed by atoms with Crippen molar-refractivity contribution in [1.29, 1.82) is 0 Å². The van der Waals surface area contributed by atoms with Gasteiger partial charge in [0.25, 0.3) is 0 Å². The highest BCUT2D eigenvalue weighted by atomic mass is 32.2. The molecule has 1 aromatic carbocycles. The van der Waals surface area contributed by atoms with Crippen LogP contribution >= 0.6 is 12.2 Å². The lowest BCUT2D eigenvalue weighted by atomic mass is 10.2. The largest absolute Gasteiger partial charge is 0.392 e. The number of benzene rings is 1. The predicted molar refractivity (Wildman–Crippen MR) is 81.7 cm³/mol. The molecule has 0 bridgehead atoms. The second-order valence-corrected chi connectivity index (χ2v) is 7.26. The fraction of sp³-hybridized carbons (Fsp3) is 0.462. The third kappa shape index (κ3) is 3.75. The van der Waals surface area contributed by atoms with Crippen molar-refractivity contribution in [2.24, 2.45) is 5.73 Å². The Morgan fingerprint density at radius 2 is 1.95 bits per heavy atom. The molecule has 106 valence electrons. The van der Waals surface area contributed by atoms with Gasteiger partial charge in [-0.15, -0.1) is 0 Å². The molecular weight excluding hydrogens is 280 g/mol. The summed E-state index contributed by atoms with van der Waals surface area (Å²) < 4.78 is 26.7. The molecule has 2 N–H and O–H groups in total. The van der Waals surface area contributed by atoms with Crippen molar-refractivity contribution in [3.05, 3.63) is 29.3 Å². The van der Waals surface area contributed by atoms with E-state index in [-0.39, 0.29) is 17.6 Å². The molecule has 0 aliphatic rings. The van der Waals surface area contributed by atoms with E-state index in [1.807, 2.05) is 19.1 Å². The van der Waals surface area contributed by atoms with Gasteiger partial charge in [-0.3, -0.25) is 0 Å². The second kappa shape index (κ2) is 5.98. The van der Waals surface area contributed by atoms with Gasteiger partial charge in [0.2, 0.25) is 10.0 Å². The third-order valence-electron chi connectivity index (χ3n) is 2.82. The van der Waals surface area contributed by atoms with E-state index >= 15 is 0 Å². The van der Waals surface area contributed by atoms with Gasteiger partial charge in [-0.2, -0.15) is 4.31 Å². The number of thiocarbonyl (C=S) groups is 1. The fourth-order valence-corrected chi connectivity index (χ4v) is 3.96. The van der Waals surface area contributed by atoms with E-state index in [0.717, 1.165) is 11.1 Å². The topological polar surface area (TPSA) is 63.4 Å². The molecule has 0 saturated heterocycles. The molecule has 0 atom stereocenters. The maximum Gasteiger partial charge on any atom is 0.243 e. The lowest BCUT2D eigenvalue weighted by molar-refractivity contribution is 0.390. The smallest absolute Gasteiger partial charge is 0.243 e. The van der Waals surface area contributed by atoms with Crippen molar-refractivity contribution < 1.29 is 8.42 Å². The molecule has 0 heterocycles. The van der Waals surface area contributed by atoms with Gasteiger partial charge < -0.3 is 5.73 Å². The Bertz CT molecular complexity index is 580.